The molecule has 3 aromatic rings. The third-order valence-corrected chi connectivity index (χ3v) is 7.21. The number of nitrogens with zero attached hydrogens (tertiary/aromatic N) is 1. The van der Waals surface area contributed by atoms with Gasteiger partial charge in [-0.15, -0.1) is 0 Å². The highest BCUT2D eigenvalue weighted by atomic mass is 127. The average molecular weight is 657 g/mol. The van der Waals surface area contributed by atoms with Crippen LogP contribution in [0.25, 0.3) is 0 Å². The van der Waals surface area contributed by atoms with Crippen LogP contribution in [0.2, 0.25) is 0 Å². The Morgan fingerprint density at radius 1 is 0.900 bits per heavy atom. The van der Waals surface area contributed by atoms with Gasteiger partial charge in [-0.1, -0.05) is 35.9 Å². The van der Waals surface area contributed by atoms with Crippen molar-refractivity contribution in [2.75, 3.05) is 35.3 Å². The largest absolute Gasteiger partial charge is 0.351 e. The molecule has 1 heterocycles. The Hall–Kier alpha value is -3.48. The van der Waals surface area contributed by atoms with Crippen molar-refractivity contribution in [2.45, 2.75) is 39.0 Å². The summed E-state index contributed by atoms with van der Waals surface area (Å²) in [5.74, 6) is -0.872. The van der Waals surface area contributed by atoms with Crippen molar-refractivity contribution < 1.29 is 23.9 Å². The van der Waals surface area contributed by atoms with E-state index in [-0.39, 0.29) is 13.0 Å². The SMILES string of the molecule is CCOC(CN1C(=O)C(CC(=O)Nc2ccc(I)cc2)(NC(=O)Nc2ccc(C)cc2)c2ccccc21)OCC. The minimum Gasteiger partial charge on any atom is -0.351 e. The van der Waals surface area contributed by atoms with Gasteiger partial charge < -0.3 is 30.3 Å². The number of rotatable bonds is 11. The van der Waals surface area contributed by atoms with Crippen LogP contribution >= 0.6 is 22.6 Å². The number of hydrogen-bond donors (Lipinski definition) is 3. The number of carbonyl (C=O) groups is 3. The Morgan fingerprint density at radius 3 is 2.15 bits per heavy atom. The van der Waals surface area contributed by atoms with Crippen LogP contribution in [-0.2, 0) is 24.6 Å². The van der Waals surface area contributed by atoms with E-state index in [1.807, 2.05) is 51.1 Å². The van der Waals surface area contributed by atoms with Crippen molar-refractivity contribution in [1.29, 1.82) is 0 Å². The molecule has 0 fully saturated rings. The fraction of sp³-hybridized carbons (Fsp3) is 0.300. The van der Waals surface area contributed by atoms with Crippen LogP contribution in [0.5, 0.6) is 0 Å². The van der Waals surface area contributed by atoms with E-state index in [1.165, 1.54) is 4.90 Å². The van der Waals surface area contributed by atoms with E-state index in [0.29, 0.717) is 35.8 Å². The molecule has 1 unspecified atom stereocenters. The lowest BCUT2D eigenvalue weighted by Gasteiger charge is -2.30. The van der Waals surface area contributed by atoms with Crippen molar-refractivity contribution in [2.24, 2.45) is 0 Å². The molecule has 0 radical (unpaired) electrons. The molecule has 40 heavy (non-hydrogen) atoms. The number of carbonyl (C=O) groups excluding carboxylic acids is 3. The number of nitrogens with one attached hydrogen (secondary N) is 3. The monoisotopic (exact) mass is 656 g/mol. The average Bonchev–Trinajstić information content (AvgIpc) is 3.14. The van der Waals surface area contributed by atoms with E-state index in [4.69, 9.17) is 9.47 Å². The zero-order valence-electron chi connectivity index (χ0n) is 22.7. The maximum absolute atomic E-state index is 14.3. The zero-order chi connectivity index (χ0) is 28.7. The quantitative estimate of drug-likeness (QED) is 0.190. The van der Waals surface area contributed by atoms with Gasteiger partial charge in [0.1, 0.15) is 0 Å². The number of ether oxygens (including phenoxy) is 2. The standard InChI is InChI=1S/C30H33IN4O5/c1-4-39-27(40-5-2)19-35-25-9-7-6-8-24(25)30(28(35)37,18-26(36)32-22-16-12-21(31)13-17-22)34-29(38)33-23-14-10-20(3)11-15-23/h6-17,27H,4-5,18-19H2,1-3H3,(H,32,36)(H2,33,34,38). The Morgan fingerprint density at radius 2 is 1.50 bits per heavy atom. The van der Waals surface area contributed by atoms with Crippen molar-refractivity contribution in [3.05, 3.63) is 87.5 Å². The molecule has 0 saturated carbocycles. The van der Waals surface area contributed by atoms with Crippen molar-refractivity contribution in [1.82, 2.24) is 5.32 Å². The smallest absolute Gasteiger partial charge is 0.320 e. The number of anilines is 3. The van der Waals surface area contributed by atoms with Gasteiger partial charge >= 0.3 is 6.03 Å². The fourth-order valence-corrected chi connectivity index (χ4v) is 5.05. The Kier molecular flexibility index (Phi) is 9.77. The number of halogens is 1. The second-order valence-corrected chi connectivity index (χ2v) is 10.6. The molecule has 0 bridgehead atoms. The van der Waals surface area contributed by atoms with E-state index < -0.39 is 29.7 Å². The second kappa shape index (κ2) is 13.2. The van der Waals surface area contributed by atoms with E-state index in [1.54, 1.807) is 42.5 Å². The summed E-state index contributed by atoms with van der Waals surface area (Å²) in [6.07, 6.45) is -0.995. The summed E-state index contributed by atoms with van der Waals surface area (Å²) < 4.78 is 12.5. The molecule has 9 nitrogen and oxygen atoms in total. The van der Waals surface area contributed by atoms with Crippen LogP contribution in [0.1, 0.15) is 31.4 Å². The molecular weight excluding hydrogens is 623 g/mol. The summed E-state index contributed by atoms with van der Waals surface area (Å²) in [4.78, 5) is 42.6. The lowest BCUT2D eigenvalue weighted by Crippen LogP contribution is -2.56. The van der Waals surface area contributed by atoms with Gasteiger partial charge in [0, 0.05) is 33.7 Å². The lowest BCUT2D eigenvalue weighted by molar-refractivity contribution is -0.138. The van der Waals surface area contributed by atoms with Crippen LogP contribution in [0.3, 0.4) is 0 Å². The zero-order valence-corrected chi connectivity index (χ0v) is 24.9. The van der Waals surface area contributed by atoms with Crippen molar-refractivity contribution in [3.63, 3.8) is 0 Å². The highest BCUT2D eigenvalue weighted by Gasteiger charge is 2.53. The molecular formula is C30H33IN4O5. The van der Waals surface area contributed by atoms with Gasteiger partial charge in [0.15, 0.2) is 11.8 Å². The number of fused-ring (bicyclic) bond motifs is 1. The Bertz CT molecular complexity index is 1280. The van der Waals surface area contributed by atoms with Crippen LogP contribution in [-0.4, -0.2) is 43.9 Å². The minimum atomic E-state index is -1.67. The van der Waals surface area contributed by atoms with E-state index in [9.17, 15) is 14.4 Å². The van der Waals surface area contributed by atoms with Gasteiger partial charge in [-0.2, -0.15) is 0 Å². The first kappa shape index (κ1) is 29.5. The maximum atomic E-state index is 14.3. The van der Waals surface area contributed by atoms with Crippen LogP contribution in [0, 0.1) is 10.5 Å². The molecule has 0 saturated heterocycles. The first-order chi connectivity index (χ1) is 19.3. The number of aryl methyl sites for hydroxylation is 1. The second-order valence-electron chi connectivity index (χ2n) is 9.36. The molecule has 210 valence electrons. The molecule has 0 aliphatic carbocycles. The maximum Gasteiger partial charge on any atom is 0.320 e. The number of hydrogen-bond acceptors (Lipinski definition) is 5. The number of para-hydroxylation sites is 1. The van der Waals surface area contributed by atoms with Gasteiger partial charge in [-0.25, -0.2) is 4.79 Å². The summed E-state index contributed by atoms with van der Waals surface area (Å²) in [6.45, 7) is 6.54. The van der Waals surface area contributed by atoms with Crippen molar-refractivity contribution >= 4 is 57.5 Å². The highest BCUT2D eigenvalue weighted by Crippen LogP contribution is 2.43. The van der Waals surface area contributed by atoms with Gasteiger partial charge in [0.25, 0.3) is 5.91 Å². The lowest BCUT2D eigenvalue weighted by atomic mass is 9.87. The van der Waals surface area contributed by atoms with Gasteiger partial charge in [0.2, 0.25) is 5.91 Å². The highest BCUT2D eigenvalue weighted by molar-refractivity contribution is 14.1. The first-order valence-corrected chi connectivity index (χ1v) is 14.2. The van der Waals surface area contributed by atoms with Crippen molar-refractivity contribution in [3.8, 4) is 0 Å². The van der Waals surface area contributed by atoms with Crippen LogP contribution in [0.15, 0.2) is 72.8 Å². The summed E-state index contributed by atoms with van der Waals surface area (Å²) in [5.41, 5.74) is 1.63. The van der Waals surface area contributed by atoms with Gasteiger partial charge in [-0.3, -0.25) is 9.59 Å². The fourth-order valence-electron chi connectivity index (χ4n) is 4.69. The third kappa shape index (κ3) is 6.80. The molecule has 4 amide bonds. The first-order valence-electron chi connectivity index (χ1n) is 13.1. The summed E-state index contributed by atoms with van der Waals surface area (Å²) in [7, 11) is 0. The molecule has 0 aromatic heterocycles. The molecule has 3 aromatic carbocycles. The normalized spacial score (nSPS) is 16.1. The summed E-state index contributed by atoms with van der Waals surface area (Å²) in [5, 5.41) is 8.53. The minimum absolute atomic E-state index is 0.0965. The van der Waals surface area contributed by atoms with E-state index in [0.717, 1.165) is 9.13 Å². The molecule has 4 rings (SSSR count). The molecule has 1 aliphatic heterocycles. The molecule has 10 heteroatoms. The topological polar surface area (TPSA) is 109 Å². The Labute approximate surface area is 247 Å². The number of amides is 4. The van der Waals surface area contributed by atoms with Gasteiger partial charge in [-0.05, 0) is 85.8 Å². The Balaban J connectivity index is 1.69. The molecule has 3 N–H and O–H groups in total. The predicted molar refractivity (Wildman–Crippen MR) is 163 cm³/mol. The van der Waals surface area contributed by atoms with E-state index in [2.05, 4.69) is 38.5 Å². The summed E-state index contributed by atoms with van der Waals surface area (Å²) in [6, 6.07) is 21.1. The van der Waals surface area contributed by atoms with Crippen LogP contribution < -0.4 is 20.9 Å². The van der Waals surface area contributed by atoms with Gasteiger partial charge in [0.05, 0.1) is 18.7 Å². The van der Waals surface area contributed by atoms with E-state index >= 15 is 0 Å². The molecule has 1 atom stereocenters. The molecule has 1 aliphatic rings. The molecule has 0 spiro atoms. The predicted octanol–water partition coefficient (Wildman–Crippen LogP) is 5.39. The number of benzene rings is 3. The number of urea groups is 1. The van der Waals surface area contributed by atoms with Crippen LogP contribution in [0.4, 0.5) is 21.9 Å². The summed E-state index contributed by atoms with van der Waals surface area (Å²) >= 11 is 2.18. The third-order valence-electron chi connectivity index (χ3n) is 6.49.